The molecule has 1 aromatic carbocycles. The number of hydrogen-bond acceptors (Lipinski definition) is 3. The number of halogens is 2. The molecule has 0 unspecified atom stereocenters. The van der Waals surface area contributed by atoms with E-state index in [2.05, 4.69) is 21.5 Å². The van der Waals surface area contributed by atoms with Gasteiger partial charge >= 0.3 is 6.03 Å². The first-order valence-corrected chi connectivity index (χ1v) is 9.89. The van der Waals surface area contributed by atoms with Gasteiger partial charge in [-0.15, -0.1) is 5.10 Å². The van der Waals surface area contributed by atoms with Gasteiger partial charge in [0.15, 0.2) is 5.65 Å². The first-order valence-electron chi connectivity index (χ1n) is 9.89. The van der Waals surface area contributed by atoms with Crippen molar-refractivity contribution in [1.29, 1.82) is 0 Å². The van der Waals surface area contributed by atoms with Gasteiger partial charge in [0.25, 0.3) is 0 Å². The number of nitrogens with zero attached hydrogens (tertiary/aromatic N) is 4. The van der Waals surface area contributed by atoms with Crippen LogP contribution in [0.15, 0.2) is 36.7 Å². The number of nitrogens with one attached hydrogen (secondary N) is 1. The van der Waals surface area contributed by atoms with Gasteiger partial charge < -0.3 is 10.2 Å². The molecule has 1 saturated carbocycles. The third kappa shape index (κ3) is 3.54. The molecule has 0 atom stereocenters. The summed E-state index contributed by atoms with van der Waals surface area (Å²) in [4.78, 5) is 17.9. The molecule has 2 fully saturated rings. The van der Waals surface area contributed by atoms with Crippen molar-refractivity contribution in [3.63, 3.8) is 0 Å². The fraction of sp³-hybridized carbons (Fsp3) is 0.381. The molecule has 2 aromatic heterocycles. The Labute approximate surface area is 166 Å². The summed E-state index contributed by atoms with van der Waals surface area (Å²) in [5, 5.41) is 7.91. The van der Waals surface area contributed by atoms with Crippen LogP contribution in [0.2, 0.25) is 0 Å². The topological polar surface area (TPSA) is 63.1 Å². The molecule has 2 amide bonds. The van der Waals surface area contributed by atoms with Crippen LogP contribution in [0, 0.1) is 11.7 Å². The van der Waals surface area contributed by atoms with E-state index in [9.17, 15) is 13.6 Å². The summed E-state index contributed by atoms with van der Waals surface area (Å²) >= 11 is 0. The van der Waals surface area contributed by atoms with Crippen molar-refractivity contribution in [3.05, 3.63) is 48.0 Å². The van der Waals surface area contributed by atoms with E-state index in [1.54, 1.807) is 6.20 Å². The van der Waals surface area contributed by atoms with Crippen molar-refractivity contribution in [2.24, 2.45) is 5.92 Å². The van der Waals surface area contributed by atoms with Gasteiger partial charge in [0, 0.05) is 23.5 Å². The number of aromatic nitrogens is 3. The minimum Gasteiger partial charge on any atom is -0.319 e. The van der Waals surface area contributed by atoms with E-state index in [4.69, 9.17) is 0 Å². The second-order valence-electron chi connectivity index (χ2n) is 7.93. The molecular formula is C21H21F2N5O. The van der Waals surface area contributed by atoms with Crippen LogP contribution in [-0.2, 0) is 6.42 Å². The molecule has 3 aromatic rings. The standard InChI is InChI=1S/C21H21F2N5O/c22-16-11-27(12-16)21(29)25-17-4-5-18(23)19(8-17)28-10-15-7-14(6-13-2-1-3-13)9-24-20(15)26-28/h4-5,7-10,13,16H,1-3,6,11-12H2,(H,25,29). The highest BCUT2D eigenvalue weighted by molar-refractivity contribution is 5.90. The number of likely N-dealkylation sites (tertiary alicyclic amines) is 1. The number of amides is 2. The van der Waals surface area contributed by atoms with Crippen LogP contribution in [0.25, 0.3) is 16.7 Å². The fourth-order valence-electron chi connectivity index (χ4n) is 3.79. The molecule has 1 N–H and O–H groups in total. The molecule has 6 nitrogen and oxygen atoms in total. The summed E-state index contributed by atoms with van der Waals surface area (Å²) in [5.74, 6) is 0.277. The van der Waals surface area contributed by atoms with Crippen LogP contribution in [0.1, 0.15) is 24.8 Å². The number of carbonyl (C=O) groups excluding carboxylic acids is 1. The van der Waals surface area contributed by atoms with E-state index in [1.807, 2.05) is 6.20 Å². The quantitative estimate of drug-likeness (QED) is 0.721. The first-order chi connectivity index (χ1) is 14.0. The van der Waals surface area contributed by atoms with Gasteiger partial charge in [0.05, 0.1) is 13.1 Å². The van der Waals surface area contributed by atoms with Gasteiger partial charge in [-0.25, -0.2) is 23.2 Å². The molecule has 1 aliphatic carbocycles. The largest absolute Gasteiger partial charge is 0.322 e. The monoisotopic (exact) mass is 397 g/mol. The van der Waals surface area contributed by atoms with E-state index in [1.165, 1.54) is 52.6 Å². The maximum atomic E-state index is 14.5. The SMILES string of the molecule is O=C(Nc1ccc(F)c(-n2cc3cc(CC4CCC4)cnc3n2)c1)N1CC(F)C1. The number of alkyl halides is 1. The van der Waals surface area contributed by atoms with E-state index in [-0.39, 0.29) is 18.8 Å². The highest BCUT2D eigenvalue weighted by Gasteiger charge is 2.30. The summed E-state index contributed by atoms with van der Waals surface area (Å²) in [6.07, 6.45) is 7.48. The molecule has 150 valence electrons. The Bertz CT molecular complexity index is 1070. The van der Waals surface area contributed by atoms with Crippen molar-refractivity contribution in [2.45, 2.75) is 31.9 Å². The second kappa shape index (κ2) is 7.09. The number of urea groups is 1. The van der Waals surface area contributed by atoms with Crippen LogP contribution in [0.3, 0.4) is 0 Å². The second-order valence-corrected chi connectivity index (χ2v) is 7.93. The Morgan fingerprint density at radius 2 is 2.07 bits per heavy atom. The molecule has 29 heavy (non-hydrogen) atoms. The molecule has 5 rings (SSSR count). The van der Waals surface area contributed by atoms with Gasteiger partial charge in [-0.3, -0.25) is 0 Å². The predicted octanol–water partition coefficient (Wildman–Crippen LogP) is 4.09. The highest BCUT2D eigenvalue weighted by Crippen LogP contribution is 2.30. The number of rotatable bonds is 4. The maximum absolute atomic E-state index is 14.5. The Kier molecular flexibility index (Phi) is 4.41. The molecule has 3 heterocycles. The van der Waals surface area contributed by atoms with Gasteiger partial charge in [0.1, 0.15) is 17.7 Å². The summed E-state index contributed by atoms with van der Waals surface area (Å²) in [7, 11) is 0. The number of carbonyl (C=O) groups is 1. The van der Waals surface area contributed by atoms with Crippen molar-refractivity contribution in [3.8, 4) is 5.69 Å². The van der Waals surface area contributed by atoms with E-state index in [0.29, 0.717) is 11.3 Å². The van der Waals surface area contributed by atoms with E-state index in [0.717, 1.165) is 17.7 Å². The van der Waals surface area contributed by atoms with Crippen molar-refractivity contribution >= 4 is 22.8 Å². The molecule has 1 saturated heterocycles. The van der Waals surface area contributed by atoms with Crippen LogP contribution < -0.4 is 5.32 Å². The summed E-state index contributed by atoms with van der Waals surface area (Å²) in [5.41, 5.74) is 2.36. The van der Waals surface area contributed by atoms with Crippen LogP contribution in [-0.4, -0.2) is 45.0 Å². The molecule has 0 bridgehead atoms. The zero-order chi connectivity index (χ0) is 20.0. The average molecular weight is 397 g/mol. The van der Waals surface area contributed by atoms with E-state index < -0.39 is 18.0 Å². The molecule has 0 spiro atoms. The minimum absolute atomic E-state index is 0.0826. The normalized spacial score (nSPS) is 17.2. The van der Waals surface area contributed by atoms with Crippen LogP contribution >= 0.6 is 0 Å². The first kappa shape index (κ1) is 18.0. The van der Waals surface area contributed by atoms with Crippen molar-refractivity contribution in [2.75, 3.05) is 18.4 Å². The number of fused-ring (bicyclic) bond motifs is 1. The molecule has 8 heteroatoms. The van der Waals surface area contributed by atoms with Crippen molar-refractivity contribution < 1.29 is 13.6 Å². The van der Waals surface area contributed by atoms with Crippen LogP contribution in [0.5, 0.6) is 0 Å². The van der Waals surface area contributed by atoms with Gasteiger partial charge in [-0.05, 0) is 42.2 Å². The Hall–Kier alpha value is -3.03. The lowest BCUT2D eigenvalue weighted by Crippen LogP contribution is -2.53. The smallest absolute Gasteiger partial charge is 0.319 e. The summed E-state index contributed by atoms with van der Waals surface area (Å²) in [6, 6.07) is 5.93. The lowest BCUT2D eigenvalue weighted by Gasteiger charge is -2.34. The average Bonchev–Trinajstić information content (AvgIpc) is 3.06. The zero-order valence-electron chi connectivity index (χ0n) is 15.8. The lowest BCUT2D eigenvalue weighted by atomic mass is 9.81. The zero-order valence-corrected chi connectivity index (χ0v) is 15.8. The number of anilines is 1. The maximum Gasteiger partial charge on any atom is 0.322 e. The number of hydrogen-bond donors (Lipinski definition) is 1. The summed E-state index contributed by atoms with van der Waals surface area (Å²) < 4.78 is 28.8. The Morgan fingerprint density at radius 1 is 1.24 bits per heavy atom. The predicted molar refractivity (Wildman–Crippen MR) is 105 cm³/mol. The third-order valence-corrected chi connectivity index (χ3v) is 5.73. The summed E-state index contributed by atoms with van der Waals surface area (Å²) in [6.45, 7) is 0.165. The van der Waals surface area contributed by atoms with Gasteiger partial charge in [0.2, 0.25) is 0 Å². The Morgan fingerprint density at radius 3 is 2.79 bits per heavy atom. The molecule has 1 aliphatic heterocycles. The van der Waals surface area contributed by atoms with Crippen LogP contribution in [0.4, 0.5) is 19.3 Å². The molecule has 0 radical (unpaired) electrons. The van der Waals surface area contributed by atoms with Gasteiger partial charge in [-0.2, -0.15) is 0 Å². The number of pyridine rings is 1. The molecular weight excluding hydrogens is 376 g/mol. The lowest BCUT2D eigenvalue weighted by molar-refractivity contribution is 0.0974. The fourth-order valence-corrected chi connectivity index (χ4v) is 3.79. The number of benzene rings is 1. The highest BCUT2D eigenvalue weighted by atomic mass is 19.1. The Balaban J connectivity index is 1.39. The van der Waals surface area contributed by atoms with Crippen molar-refractivity contribution in [1.82, 2.24) is 19.7 Å². The van der Waals surface area contributed by atoms with E-state index >= 15 is 0 Å². The molecule has 2 aliphatic rings. The minimum atomic E-state index is -0.970. The third-order valence-electron chi connectivity index (χ3n) is 5.73. The van der Waals surface area contributed by atoms with Gasteiger partial charge in [-0.1, -0.05) is 19.3 Å².